The topological polar surface area (TPSA) is 84.3 Å². The molecule has 1 rings (SSSR count). The summed E-state index contributed by atoms with van der Waals surface area (Å²) in [6, 6.07) is 0. The third-order valence-electron chi connectivity index (χ3n) is 2.37. The third kappa shape index (κ3) is 3.96. The molecule has 2 N–H and O–H groups in total. The van der Waals surface area contributed by atoms with Crippen molar-refractivity contribution >= 4 is 11.7 Å². The summed E-state index contributed by atoms with van der Waals surface area (Å²) in [6.07, 6.45) is 2.32. The normalized spacial score (nSPS) is 10.7. The number of aromatic nitrogens is 2. The predicted octanol–water partition coefficient (Wildman–Crippen LogP) is 1.75. The van der Waals surface area contributed by atoms with Crippen LogP contribution < -0.4 is 5.32 Å². The van der Waals surface area contributed by atoms with E-state index >= 15 is 0 Å². The number of nitrogens with one attached hydrogen (secondary N) is 1. The van der Waals surface area contributed by atoms with Crippen LogP contribution in [0.2, 0.25) is 0 Å². The highest BCUT2D eigenvalue weighted by atomic mass is 16.5. The van der Waals surface area contributed by atoms with Crippen LogP contribution >= 0.6 is 0 Å². The first-order valence-corrected chi connectivity index (χ1v) is 5.89. The van der Waals surface area contributed by atoms with Crippen molar-refractivity contribution < 1.29 is 14.6 Å². The van der Waals surface area contributed by atoms with Crippen LogP contribution in [0.15, 0.2) is 6.20 Å². The maximum absolute atomic E-state index is 11.1. The predicted molar refractivity (Wildman–Crippen MR) is 68.1 cm³/mol. The van der Waals surface area contributed by atoms with Gasteiger partial charge in [-0.15, -0.1) is 0 Å². The van der Waals surface area contributed by atoms with Crippen LogP contribution in [0, 0.1) is 0 Å². The molecule has 0 fully saturated rings. The van der Waals surface area contributed by atoms with E-state index in [1.165, 1.54) is 6.20 Å². The minimum absolute atomic E-state index is 0.0196. The van der Waals surface area contributed by atoms with Crippen LogP contribution in [0.5, 0.6) is 0 Å². The molecule has 0 aliphatic heterocycles. The third-order valence-corrected chi connectivity index (χ3v) is 2.37. The molecule has 0 bridgehead atoms. The van der Waals surface area contributed by atoms with Crippen LogP contribution in [0.4, 0.5) is 5.69 Å². The monoisotopic (exact) mass is 253 g/mol. The summed E-state index contributed by atoms with van der Waals surface area (Å²) in [5, 5.41) is 12.1. The summed E-state index contributed by atoms with van der Waals surface area (Å²) in [7, 11) is 1.63. The minimum Gasteiger partial charge on any atom is -0.476 e. The smallest absolute Gasteiger partial charge is 0.356 e. The maximum Gasteiger partial charge on any atom is 0.356 e. The van der Waals surface area contributed by atoms with Gasteiger partial charge in [-0.1, -0.05) is 13.8 Å². The molecular weight excluding hydrogens is 234 g/mol. The molecule has 1 heterocycles. The standard InChI is InChI=1S/C12H19N3O3/c1-8(2)11-14-7-9(10(15-11)12(16)17)13-5-4-6-18-3/h7-8,13H,4-6H2,1-3H3,(H,16,17). The molecule has 1 aromatic rings. The van der Waals surface area contributed by atoms with E-state index in [1.54, 1.807) is 7.11 Å². The van der Waals surface area contributed by atoms with Crippen LogP contribution in [-0.4, -0.2) is 41.3 Å². The van der Waals surface area contributed by atoms with E-state index in [0.717, 1.165) is 6.42 Å². The van der Waals surface area contributed by atoms with Crippen molar-refractivity contribution in [2.75, 3.05) is 25.6 Å². The van der Waals surface area contributed by atoms with Crippen molar-refractivity contribution in [3.63, 3.8) is 0 Å². The molecule has 18 heavy (non-hydrogen) atoms. The first-order valence-electron chi connectivity index (χ1n) is 5.89. The quantitative estimate of drug-likeness (QED) is 0.720. The van der Waals surface area contributed by atoms with Gasteiger partial charge in [0.05, 0.1) is 11.9 Å². The van der Waals surface area contributed by atoms with Gasteiger partial charge in [0.15, 0.2) is 5.69 Å². The Balaban J connectivity index is 2.80. The molecule has 100 valence electrons. The molecule has 0 aliphatic carbocycles. The van der Waals surface area contributed by atoms with E-state index in [9.17, 15) is 4.79 Å². The lowest BCUT2D eigenvalue weighted by molar-refractivity contribution is 0.0691. The zero-order valence-corrected chi connectivity index (χ0v) is 10.9. The van der Waals surface area contributed by atoms with Crippen molar-refractivity contribution in [2.24, 2.45) is 0 Å². The Morgan fingerprint density at radius 3 is 2.83 bits per heavy atom. The highest BCUT2D eigenvalue weighted by molar-refractivity contribution is 5.91. The number of hydrogen-bond donors (Lipinski definition) is 2. The lowest BCUT2D eigenvalue weighted by Crippen LogP contribution is -2.13. The van der Waals surface area contributed by atoms with Gasteiger partial charge >= 0.3 is 5.97 Å². The molecule has 0 amide bonds. The first-order chi connectivity index (χ1) is 8.56. The van der Waals surface area contributed by atoms with Crippen LogP contribution in [0.3, 0.4) is 0 Å². The highest BCUT2D eigenvalue weighted by Gasteiger charge is 2.15. The van der Waals surface area contributed by atoms with Crippen molar-refractivity contribution in [1.29, 1.82) is 0 Å². The van der Waals surface area contributed by atoms with E-state index in [2.05, 4.69) is 15.3 Å². The molecule has 6 heteroatoms. The van der Waals surface area contributed by atoms with E-state index in [-0.39, 0.29) is 11.6 Å². The number of nitrogens with zero attached hydrogens (tertiary/aromatic N) is 2. The largest absolute Gasteiger partial charge is 0.476 e. The number of anilines is 1. The number of aromatic carboxylic acids is 1. The van der Waals surface area contributed by atoms with Crippen molar-refractivity contribution in [2.45, 2.75) is 26.2 Å². The van der Waals surface area contributed by atoms with Crippen LogP contribution in [-0.2, 0) is 4.74 Å². The second-order valence-corrected chi connectivity index (χ2v) is 4.22. The zero-order chi connectivity index (χ0) is 13.5. The van der Waals surface area contributed by atoms with E-state index in [1.807, 2.05) is 13.8 Å². The molecule has 0 radical (unpaired) electrons. The van der Waals surface area contributed by atoms with Crippen LogP contribution in [0.25, 0.3) is 0 Å². The molecule has 0 saturated heterocycles. The fraction of sp³-hybridized carbons (Fsp3) is 0.583. The van der Waals surface area contributed by atoms with Gasteiger partial charge in [0.2, 0.25) is 0 Å². The molecule has 0 aromatic carbocycles. The number of carboxylic acids is 1. The Morgan fingerprint density at radius 2 is 2.28 bits per heavy atom. The summed E-state index contributed by atoms with van der Waals surface area (Å²) < 4.78 is 4.92. The SMILES string of the molecule is COCCCNc1cnc(C(C)C)nc1C(=O)O. The molecule has 0 unspecified atom stereocenters. The summed E-state index contributed by atoms with van der Waals surface area (Å²) in [5.74, 6) is -0.408. The number of methoxy groups -OCH3 is 1. The first kappa shape index (κ1) is 14.4. The second kappa shape index (κ2) is 6.90. The van der Waals surface area contributed by atoms with E-state index < -0.39 is 5.97 Å². The van der Waals surface area contributed by atoms with Crippen LogP contribution in [0.1, 0.15) is 42.5 Å². The second-order valence-electron chi connectivity index (χ2n) is 4.22. The lowest BCUT2D eigenvalue weighted by atomic mass is 10.2. The van der Waals surface area contributed by atoms with Gasteiger partial charge in [-0.2, -0.15) is 0 Å². The molecular formula is C12H19N3O3. The van der Waals surface area contributed by atoms with Gasteiger partial charge in [-0.05, 0) is 6.42 Å². The zero-order valence-electron chi connectivity index (χ0n) is 10.9. The summed E-state index contributed by atoms with van der Waals surface area (Å²) in [4.78, 5) is 19.3. The van der Waals surface area contributed by atoms with Gasteiger partial charge in [0.1, 0.15) is 5.82 Å². The maximum atomic E-state index is 11.1. The highest BCUT2D eigenvalue weighted by Crippen LogP contribution is 2.16. The fourth-order valence-electron chi connectivity index (χ4n) is 1.41. The van der Waals surface area contributed by atoms with E-state index in [0.29, 0.717) is 24.7 Å². The number of rotatable bonds is 7. The minimum atomic E-state index is -1.05. The Kier molecular flexibility index (Phi) is 5.51. The number of ether oxygens (including phenoxy) is 1. The Hall–Kier alpha value is -1.69. The summed E-state index contributed by atoms with van der Waals surface area (Å²) in [6.45, 7) is 5.10. The lowest BCUT2D eigenvalue weighted by Gasteiger charge is -2.10. The summed E-state index contributed by atoms with van der Waals surface area (Å²) >= 11 is 0. The Labute approximate surface area is 106 Å². The van der Waals surface area contributed by atoms with Gasteiger partial charge < -0.3 is 15.2 Å². The van der Waals surface area contributed by atoms with Gasteiger partial charge in [0, 0.05) is 26.2 Å². The van der Waals surface area contributed by atoms with Gasteiger partial charge in [-0.25, -0.2) is 14.8 Å². The van der Waals surface area contributed by atoms with E-state index in [4.69, 9.17) is 9.84 Å². The Bertz CT molecular complexity index is 408. The fourth-order valence-corrected chi connectivity index (χ4v) is 1.41. The van der Waals surface area contributed by atoms with Crippen molar-refractivity contribution in [1.82, 2.24) is 9.97 Å². The number of carbonyl (C=O) groups is 1. The van der Waals surface area contributed by atoms with Crippen molar-refractivity contribution in [3.05, 3.63) is 17.7 Å². The average molecular weight is 253 g/mol. The van der Waals surface area contributed by atoms with Gasteiger partial charge in [-0.3, -0.25) is 0 Å². The molecule has 0 atom stereocenters. The van der Waals surface area contributed by atoms with Crippen molar-refractivity contribution in [3.8, 4) is 0 Å². The molecule has 1 aromatic heterocycles. The molecule has 0 saturated carbocycles. The molecule has 6 nitrogen and oxygen atoms in total. The average Bonchev–Trinajstić information content (AvgIpc) is 2.34. The molecule has 0 aliphatic rings. The number of carboxylic acid groups (broad SMARTS) is 1. The molecule has 0 spiro atoms. The summed E-state index contributed by atoms with van der Waals surface area (Å²) in [5.41, 5.74) is 0.467. The van der Waals surface area contributed by atoms with Gasteiger partial charge in [0.25, 0.3) is 0 Å². The Morgan fingerprint density at radius 1 is 1.56 bits per heavy atom. The number of hydrogen-bond acceptors (Lipinski definition) is 5.